The van der Waals surface area contributed by atoms with Crippen molar-refractivity contribution < 1.29 is 9.59 Å². The minimum Gasteiger partial charge on any atom is -0.340 e. The number of halogens is 1. The SMILES string of the molecule is Cl.O=C(CCN1CCN(C(=O)c2cccs2)CC1)N1CCNCC1. The van der Waals surface area contributed by atoms with Crippen LogP contribution >= 0.6 is 23.7 Å². The molecule has 6 nitrogen and oxygen atoms in total. The molecule has 134 valence electrons. The second-order valence-corrected chi connectivity index (χ2v) is 6.94. The van der Waals surface area contributed by atoms with Gasteiger partial charge < -0.3 is 15.1 Å². The van der Waals surface area contributed by atoms with E-state index in [0.717, 1.165) is 63.8 Å². The van der Waals surface area contributed by atoms with Crippen LogP contribution in [0.1, 0.15) is 16.1 Å². The average Bonchev–Trinajstić information content (AvgIpc) is 3.15. The van der Waals surface area contributed by atoms with Crippen molar-refractivity contribution in [2.45, 2.75) is 6.42 Å². The van der Waals surface area contributed by atoms with Crippen LogP contribution in [0.25, 0.3) is 0 Å². The summed E-state index contributed by atoms with van der Waals surface area (Å²) < 4.78 is 0. The van der Waals surface area contributed by atoms with Crippen LogP contribution in [-0.2, 0) is 4.79 Å². The summed E-state index contributed by atoms with van der Waals surface area (Å²) in [6.45, 7) is 7.44. The van der Waals surface area contributed by atoms with Crippen molar-refractivity contribution in [3.8, 4) is 0 Å². The van der Waals surface area contributed by atoms with Crippen LogP contribution in [-0.4, -0.2) is 85.4 Å². The number of thiophene rings is 1. The number of carbonyl (C=O) groups is 2. The summed E-state index contributed by atoms with van der Waals surface area (Å²) >= 11 is 1.50. The molecule has 3 rings (SSSR count). The molecule has 0 unspecified atom stereocenters. The Kier molecular flexibility index (Phi) is 7.48. The maximum atomic E-state index is 12.3. The average molecular weight is 373 g/mol. The third kappa shape index (κ3) is 4.92. The molecule has 1 aromatic heterocycles. The Bertz CT molecular complexity index is 526. The standard InChI is InChI=1S/C16H24N4O2S.ClH/c21-15(19-7-4-17-5-8-19)3-6-18-9-11-20(12-10-18)16(22)14-2-1-13-23-14;/h1-2,13,17H,3-12H2;1H. The van der Waals surface area contributed by atoms with Crippen LogP contribution in [0, 0.1) is 0 Å². The first kappa shape index (κ1) is 19.2. The topological polar surface area (TPSA) is 55.9 Å². The van der Waals surface area contributed by atoms with Gasteiger partial charge in [-0.05, 0) is 11.4 Å². The van der Waals surface area contributed by atoms with Gasteiger partial charge in [-0.15, -0.1) is 23.7 Å². The van der Waals surface area contributed by atoms with Gasteiger partial charge in [-0.3, -0.25) is 14.5 Å². The van der Waals surface area contributed by atoms with Crippen molar-refractivity contribution in [1.29, 1.82) is 0 Å². The van der Waals surface area contributed by atoms with Gasteiger partial charge in [0.05, 0.1) is 4.88 Å². The number of carbonyl (C=O) groups excluding carboxylic acids is 2. The number of rotatable bonds is 4. The summed E-state index contributed by atoms with van der Waals surface area (Å²) in [5, 5.41) is 5.20. The van der Waals surface area contributed by atoms with Gasteiger partial charge in [-0.2, -0.15) is 0 Å². The first-order chi connectivity index (χ1) is 11.2. The van der Waals surface area contributed by atoms with Crippen LogP contribution in [0.15, 0.2) is 17.5 Å². The van der Waals surface area contributed by atoms with E-state index < -0.39 is 0 Å². The summed E-state index contributed by atoms with van der Waals surface area (Å²) in [6, 6.07) is 3.79. The van der Waals surface area contributed by atoms with Crippen LogP contribution < -0.4 is 5.32 Å². The molecule has 0 bridgehead atoms. The smallest absolute Gasteiger partial charge is 0.264 e. The fraction of sp³-hybridized carbons (Fsp3) is 0.625. The lowest BCUT2D eigenvalue weighted by Crippen LogP contribution is -2.50. The van der Waals surface area contributed by atoms with E-state index in [1.165, 1.54) is 11.3 Å². The maximum Gasteiger partial charge on any atom is 0.264 e. The monoisotopic (exact) mass is 372 g/mol. The second kappa shape index (κ2) is 9.36. The molecule has 3 heterocycles. The van der Waals surface area contributed by atoms with Crippen molar-refractivity contribution in [2.24, 2.45) is 0 Å². The molecular weight excluding hydrogens is 348 g/mol. The van der Waals surface area contributed by atoms with Gasteiger partial charge >= 0.3 is 0 Å². The van der Waals surface area contributed by atoms with Crippen LogP contribution in [0.3, 0.4) is 0 Å². The van der Waals surface area contributed by atoms with E-state index in [4.69, 9.17) is 0 Å². The molecule has 0 atom stereocenters. The summed E-state index contributed by atoms with van der Waals surface area (Å²) in [5.74, 6) is 0.389. The number of amides is 2. The molecule has 1 aromatic rings. The van der Waals surface area contributed by atoms with E-state index in [0.29, 0.717) is 6.42 Å². The molecule has 0 saturated carbocycles. The first-order valence-electron chi connectivity index (χ1n) is 8.27. The molecule has 0 aromatic carbocycles. The highest BCUT2D eigenvalue weighted by molar-refractivity contribution is 7.12. The fourth-order valence-electron chi connectivity index (χ4n) is 3.06. The number of nitrogens with zero attached hydrogens (tertiary/aromatic N) is 3. The molecule has 8 heteroatoms. The van der Waals surface area contributed by atoms with E-state index in [2.05, 4.69) is 10.2 Å². The van der Waals surface area contributed by atoms with Gasteiger partial charge in [-0.25, -0.2) is 0 Å². The number of piperazine rings is 2. The highest BCUT2D eigenvalue weighted by Gasteiger charge is 2.23. The summed E-state index contributed by atoms with van der Waals surface area (Å²) in [6.07, 6.45) is 0.582. The zero-order valence-electron chi connectivity index (χ0n) is 13.8. The molecule has 2 amide bonds. The minimum atomic E-state index is 0. The third-order valence-corrected chi connectivity index (χ3v) is 5.36. The molecule has 2 aliphatic heterocycles. The van der Waals surface area contributed by atoms with Crippen molar-refractivity contribution >= 4 is 35.6 Å². The summed E-state index contributed by atoms with van der Waals surface area (Å²) in [7, 11) is 0. The van der Waals surface area contributed by atoms with Gasteiger partial charge in [0.2, 0.25) is 5.91 Å². The van der Waals surface area contributed by atoms with E-state index in [1.54, 1.807) is 0 Å². The Hall–Kier alpha value is -1.15. The zero-order valence-corrected chi connectivity index (χ0v) is 15.4. The zero-order chi connectivity index (χ0) is 16.1. The fourth-order valence-corrected chi connectivity index (χ4v) is 3.75. The number of hydrogen-bond acceptors (Lipinski definition) is 5. The molecule has 1 N–H and O–H groups in total. The predicted octanol–water partition coefficient (Wildman–Crippen LogP) is 0.750. The normalized spacial score (nSPS) is 19.0. The predicted molar refractivity (Wildman–Crippen MR) is 98.0 cm³/mol. The molecule has 2 aliphatic rings. The number of nitrogens with one attached hydrogen (secondary N) is 1. The summed E-state index contributed by atoms with van der Waals surface area (Å²) in [5.41, 5.74) is 0. The first-order valence-corrected chi connectivity index (χ1v) is 9.15. The van der Waals surface area contributed by atoms with Crippen LogP contribution in [0.2, 0.25) is 0 Å². The van der Waals surface area contributed by atoms with Gasteiger partial charge in [0.1, 0.15) is 0 Å². The van der Waals surface area contributed by atoms with Crippen molar-refractivity contribution in [3.05, 3.63) is 22.4 Å². The molecule has 0 spiro atoms. The summed E-state index contributed by atoms with van der Waals surface area (Å²) in [4.78, 5) is 31.4. The van der Waals surface area contributed by atoms with Crippen molar-refractivity contribution in [2.75, 3.05) is 58.9 Å². The van der Waals surface area contributed by atoms with Gasteiger partial charge in [-0.1, -0.05) is 6.07 Å². The quantitative estimate of drug-likeness (QED) is 0.847. The van der Waals surface area contributed by atoms with Crippen molar-refractivity contribution in [3.63, 3.8) is 0 Å². The Labute approximate surface area is 153 Å². The van der Waals surface area contributed by atoms with Gasteiger partial charge in [0.25, 0.3) is 5.91 Å². The minimum absolute atomic E-state index is 0. The molecular formula is C16H25ClN4O2S. The van der Waals surface area contributed by atoms with Crippen molar-refractivity contribution in [1.82, 2.24) is 20.0 Å². The molecule has 24 heavy (non-hydrogen) atoms. The molecule has 0 radical (unpaired) electrons. The number of hydrogen-bond donors (Lipinski definition) is 1. The highest BCUT2D eigenvalue weighted by atomic mass is 35.5. The largest absolute Gasteiger partial charge is 0.340 e. The molecule has 0 aliphatic carbocycles. The second-order valence-electron chi connectivity index (χ2n) is 5.99. The third-order valence-electron chi connectivity index (χ3n) is 4.50. The molecule has 2 fully saturated rings. The lowest BCUT2D eigenvalue weighted by Gasteiger charge is -2.35. The molecule has 2 saturated heterocycles. The Morgan fingerprint density at radius 3 is 2.38 bits per heavy atom. The Morgan fingerprint density at radius 2 is 1.75 bits per heavy atom. The highest BCUT2D eigenvalue weighted by Crippen LogP contribution is 2.14. The van der Waals surface area contributed by atoms with Crippen LogP contribution in [0.4, 0.5) is 0 Å². The van der Waals surface area contributed by atoms with Crippen LogP contribution in [0.5, 0.6) is 0 Å². The Balaban J connectivity index is 0.00000208. The lowest BCUT2D eigenvalue weighted by atomic mass is 10.2. The van der Waals surface area contributed by atoms with E-state index >= 15 is 0 Å². The van der Waals surface area contributed by atoms with E-state index in [1.807, 2.05) is 27.3 Å². The maximum absolute atomic E-state index is 12.3. The lowest BCUT2D eigenvalue weighted by molar-refractivity contribution is -0.132. The Morgan fingerprint density at radius 1 is 1.04 bits per heavy atom. The van der Waals surface area contributed by atoms with Gasteiger partial charge in [0.15, 0.2) is 0 Å². The van der Waals surface area contributed by atoms with Gasteiger partial charge in [0, 0.05) is 65.3 Å². The van der Waals surface area contributed by atoms with E-state index in [-0.39, 0.29) is 24.2 Å². The van der Waals surface area contributed by atoms with E-state index in [9.17, 15) is 9.59 Å².